The van der Waals surface area contributed by atoms with Crippen molar-refractivity contribution in [3.05, 3.63) is 89.0 Å². The fraction of sp³-hybridized carbons (Fsp3) is 0.278. The molecule has 0 unspecified atom stereocenters. The topological polar surface area (TPSA) is 121 Å². The Bertz CT molecular complexity index is 2060. The van der Waals surface area contributed by atoms with Crippen molar-refractivity contribution in [2.24, 2.45) is 0 Å². The number of carbonyl (C=O) groups excluding carboxylic acids is 2. The smallest absolute Gasteiger partial charge is 0.243 e. The number of hydrogen-bond acceptors (Lipinski definition) is 8. The van der Waals surface area contributed by atoms with E-state index in [0.717, 1.165) is 34.2 Å². The first-order chi connectivity index (χ1) is 23.6. The average molecular weight is 687 g/mol. The van der Waals surface area contributed by atoms with Crippen molar-refractivity contribution in [1.82, 2.24) is 30.7 Å². The Balaban J connectivity index is 1.56. The second-order valence-electron chi connectivity index (χ2n) is 11.8. The molecule has 5 aromatic rings. The molecule has 0 radical (unpaired) electrons. The van der Waals surface area contributed by atoms with Crippen LogP contribution >= 0.6 is 11.3 Å². The van der Waals surface area contributed by atoms with Crippen LogP contribution < -0.4 is 15.4 Å². The maximum atomic E-state index is 16.0. The van der Waals surface area contributed by atoms with Gasteiger partial charge in [0, 0.05) is 54.0 Å². The second kappa shape index (κ2) is 14.2. The Kier molecular flexibility index (Phi) is 9.86. The van der Waals surface area contributed by atoms with Gasteiger partial charge < -0.3 is 20.1 Å². The number of benzene rings is 2. The molecular weight excluding hydrogens is 650 g/mol. The van der Waals surface area contributed by atoms with Crippen LogP contribution in [0.25, 0.3) is 43.9 Å². The predicted octanol–water partition coefficient (Wildman–Crippen LogP) is 5.79. The summed E-state index contributed by atoms with van der Waals surface area (Å²) in [4.78, 5) is 31.7. The molecule has 2 amide bonds. The first-order valence-electron chi connectivity index (χ1n) is 15.7. The molecule has 0 spiro atoms. The number of fused-ring (bicyclic) bond motifs is 2. The van der Waals surface area contributed by atoms with Crippen molar-refractivity contribution >= 4 is 33.2 Å². The molecule has 3 N–H and O–H groups in total. The van der Waals surface area contributed by atoms with Crippen LogP contribution in [0.3, 0.4) is 0 Å². The number of methoxy groups -OCH3 is 1. The van der Waals surface area contributed by atoms with Gasteiger partial charge in [-0.3, -0.25) is 19.6 Å². The third kappa shape index (κ3) is 6.69. The number of amides is 2. The lowest BCUT2D eigenvalue weighted by Crippen LogP contribution is -2.47. The Morgan fingerprint density at radius 2 is 1.96 bits per heavy atom. The Morgan fingerprint density at radius 1 is 1.14 bits per heavy atom. The number of halogens is 2. The van der Waals surface area contributed by atoms with E-state index in [0.29, 0.717) is 46.0 Å². The quantitative estimate of drug-likeness (QED) is 0.119. The van der Waals surface area contributed by atoms with E-state index in [1.54, 1.807) is 20.0 Å². The summed E-state index contributed by atoms with van der Waals surface area (Å²) in [6.45, 7) is 6.16. The van der Waals surface area contributed by atoms with Gasteiger partial charge in [0.1, 0.15) is 35.4 Å². The summed E-state index contributed by atoms with van der Waals surface area (Å²) in [6, 6.07) is 11.0. The van der Waals surface area contributed by atoms with Crippen LogP contribution in [0, 0.1) is 11.6 Å². The van der Waals surface area contributed by atoms with Gasteiger partial charge >= 0.3 is 0 Å². The van der Waals surface area contributed by atoms with Gasteiger partial charge in [0.05, 0.1) is 35.6 Å². The molecule has 0 saturated heterocycles. The highest BCUT2D eigenvalue weighted by Gasteiger charge is 2.30. The maximum Gasteiger partial charge on any atom is 0.243 e. The van der Waals surface area contributed by atoms with Crippen molar-refractivity contribution in [1.29, 1.82) is 0 Å². The number of aromatic amines is 1. The Labute approximate surface area is 286 Å². The molecule has 0 saturated carbocycles. The van der Waals surface area contributed by atoms with Crippen LogP contribution in [0.15, 0.2) is 60.5 Å². The minimum atomic E-state index is -0.817. The Morgan fingerprint density at radius 3 is 2.71 bits per heavy atom. The first-order valence-corrected chi connectivity index (χ1v) is 16.6. The SMILES string of the molecule is C=CC(=O)N[C@H](C)c1cc(-c2nc(-c3ccc4c(c3)CN(C)[C@@H](C(=O)NC)C4)c3ccsc3c2-c2c(F)cc(F)cc2OCCOC)n[nH]1. The first kappa shape index (κ1) is 33.9. The average Bonchev–Trinajstić information content (AvgIpc) is 3.78. The third-order valence-electron chi connectivity index (χ3n) is 8.67. The van der Waals surface area contributed by atoms with E-state index in [2.05, 4.69) is 33.5 Å². The van der Waals surface area contributed by atoms with Gasteiger partial charge in [-0.25, -0.2) is 13.8 Å². The minimum Gasteiger partial charge on any atom is -0.490 e. The van der Waals surface area contributed by atoms with Crippen LogP contribution in [0.5, 0.6) is 5.75 Å². The molecule has 1 aliphatic heterocycles. The fourth-order valence-electron chi connectivity index (χ4n) is 6.16. The maximum absolute atomic E-state index is 16.0. The molecule has 1 aliphatic rings. The zero-order chi connectivity index (χ0) is 34.8. The number of aromatic nitrogens is 3. The monoisotopic (exact) mass is 686 g/mol. The molecule has 254 valence electrons. The summed E-state index contributed by atoms with van der Waals surface area (Å²) < 4.78 is 42.4. The lowest BCUT2D eigenvalue weighted by atomic mass is 9.90. The van der Waals surface area contributed by atoms with Gasteiger partial charge in [-0.2, -0.15) is 5.10 Å². The zero-order valence-corrected chi connectivity index (χ0v) is 28.3. The van der Waals surface area contributed by atoms with Gasteiger partial charge in [0.15, 0.2) is 0 Å². The van der Waals surface area contributed by atoms with E-state index in [9.17, 15) is 14.0 Å². The third-order valence-corrected chi connectivity index (χ3v) is 9.60. The molecule has 13 heteroatoms. The summed E-state index contributed by atoms with van der Waals surface area (Å²) in [5.74, 6) is -1.98. The summed E-state index contributed by atoms with van der Waals surface area (Å²) in [6.07, 6.45) is 1.76. The van der Waals surface area contributed by atoms with E-state index < -0.39 is 17.7 Å². The minimum absolute atomic E-state index is 0.00455. The zero-order valence-electron chi connectivity index (χ0n) is 27.5. The van der Waals surface area contributed by atoms with E-state index in [4.69, 9.17) is 14.5 Å². The number of thiophene rings is 1. The van der Waals surface area contributed by atoms with Crippen LogP contribution in [0.1, 0.15) is 29.8 Å². The molecule has 10 nitrogen and oxygen atoms in total. The number of nitrogens with one attached hydrogen (secondary N) is 3. The fourth-order valence-corrected chi connectivity index (χ4v) is 7.10. The molecular formula is C36H36F2N6O4S. The second-order valence-corrected chi connectivity index (χ2v) is 12.7. The van der Waals surface area contributed by atoms with Crippen LogP contribution in [0.4, 0.5) is 8.78 Å². The van der Waals surface area contributed by atoms with Gasteiger partial charge in [-0.1, -0.05) is 18.7 Å². The highest BCUT2D eigenvalue weighted by Crippen LogP contribution is 2.47. The number of likely N-dealkylation sites (N-methyl/N-ethyl adjacent to an activating group) is 2. The lowest BCUT2D eigenvalue weighted by Gasteiger charge is -2.33. The van der Waals surface area contributed by atoms with Crippen molar-refractivity contribution < 1.29 is 27.8 Å². The van der Waals surface area contributed by atoms with E-state index >= 15 is 4.39 Å². The van der Waals surface area contributed by atoms with Crippen molar-refractivity contribution in [3.63, 3.8) is 0 Å². The van der Waals surface area contributed by atoms with Crippen LogP contribution in [0.2, 0.25) is 0 Å². The highest BCUT2D eigenvalue weighted by atomic mass is 32.1. The van der Waals surface area contributed by atoms with E-state index in [-0.39, 0.29) is 42.4 Å². The number of pyridine rings is 1. The summed E-state index contributed by atoms with van der Waals surface area (Å²) in [5.41, 5.74) is 5.39. The van der Waals surface area contributed by atoms with Crippen molar-refractivity contribution in [3.8, 4) is 39.5 Å². The molecule has 2 aromatic carbocycles. The number of H-pyrrole nitrogens is 1. The van der Waals surface area contributed by atoms with Crippen LogP contribution in [-0.2, 0) is 27.3 Å². The predicted molar refractivity (Wildman–Crippen MR) is 185 cm³/mol. The summed E-state index contributed by atoms with van der Waals surface area (Å²) in [7, 11) is 5.08. The number of rotatable bonds is 11. The van der Waals surface area contributed by atoms with Gasteiger partial charge in [0.25, 0.3) is 0 Å². The molecule has 0 fully saturated rings. The molecule has 49 heavy (non-hydrogen) atoms. The van der Waals surface area contributed by atoms with Crippen molar-refractivity contribution in [2.45, 2.75) is 32.0 Å². The van der Waals surface area contributed by atoms with Gasteiger partial charge in [-0.15, -0.1) is 11.3 Å². The van der Waals surface area contributed by atoms with E-state index in [1.807, 2.05) is 35.5 Å². The molecule has 4 heterocycles. The molecule has 0 bridgehead atoms. The number of carbonyl (C=O) groups is 2. The van der Waals surface area contributed by atoms with Crippen molar-refractivity contribution in [2.75, 3.05) is 34.4 Å². The summed E-state index contributed by atoms with van der Waals surface area (Å²) >= 11 is 1.40. The molecule has 3 aromatic heterocycles. The molecule has 2 atom stereocenters. The number of ether oxygens (including phenoxy) is 2. The lowest BCUT2D eigenvalue weighted by molar-refractivity contribution is -0.126. The molecule has 0 aliphatic carbocycles. The number of hydrogen-bond donors (Lipinski definition) is 3. The molecule has 6 rings (SSSR count). The van der Waals surface area contributed by atoms with Gasteiger partial charge in [0.2, 0.25) is 11.8 Å². The normalized spacial score (nSPS) is 15.1. The summed E-state index contributed by atoms with van der Waals surface area (Å²) in [5, 5.41) is 15.8. The Hall–Kier alpha value is -4.98. The van der Waals surface area contributed by atoms with Crippen LogP contribution in [-0.4, -0.2) is 72.4 Å². The standard InChI is InChI=1S/C36H36F2N6O4S/c1-6-30(45)40-19(2)26-17-27(43-42-26)34-32(31-25(38)15-23(37)16-29(31)48-11-10-47-5)35-24(9-12-49-35)33(41-34)21-8-7-20-14-28(36(46)39-3)44(4)18-22(20)13-21/h6-9,12-13,15-17,19,28H,1,10-11,14,18H2,2-5H3,(H,39,46)(H,40,45)(H,42,43)/t19-,28-/m1/s1. The highest BCUT2D eigenvalue weighted by molar-refractivity contribution is 7.18. The largest absolute Gasteiger partial charge is 0.490 e. The number of nitrogens with zero attached hydrogens (tertiary/aromatic N) is 3. The van der Waals surface area contributed by atoms with Gasteiger partial charge in [-0.05, 0) is 61.2 Å². The van der Waals surface area contributed by atoms with E-state index in [1.165, 1.54) is 24.5 Å².